The first kappa shape index (κ1) is 19.9. The third kappa shape index (κ3) is 4.02. The lowest BCUT2D eigenvalue weighted by Gasteiger charge is -2.16. The summed E-state index contributed by atoms with van der Waals surface area (Å²) in [5.41, 5.74) is 0.794. The van der Waals surface area contributed by atoms with Gasteiger partial charge in [0, 0.05) is 18.7 Å². The van der Waals surface area contributed by atoms with E-state index in [0.717, 1.165) is 0 Å². The Labute approximate surface area is 170 Å². The van der Waals surface area contributed by atoms with E-state index < -0.39 is 11.8 Å². The zero-order chi connectivity index (χ0) is 20.4. The normalized spacial score (nSPS) is 10.8. The molecule has 0 spiro atoms. The molecule has 0 unspecified atom stereocenters. The molecule has 0 aliphatic heterocycles. The van der Waals surface area contributed by atoms with Crippen molar-refractivity contribution in [3.63, 3.8) is 0 Å². The topological polar surface area (TPSA) is 101 Å². The average Bonchev–Trinajstić information content (AvgIpc) is 3.19. The van der Waals surface area contributed by atoms with E-state index in [0.29, 0.717) is 21.4 Å². The van der Waals surface area contributed by atoms with E-state index in [4.69, 9.17) is 32.2 Å². The highest BCUT2D eigenvalue weighted by atomic mass is 35.5. The van der Waals surface area contributed by atoms with Crippen LogP contribution in [0.3, 0.4) is 0 Å². The number of rotatable bonds is 5. The van der Waals surface area contributed by atoms with Crippen molar-refractivity contribution in [2.45, 2.75) is 13.8 Å². The molecule has 3 aromatic rings. The second-order valence-corrected chi connectivity index (χ2v) is 6.91. The zero-order valence-electron chi connectivity index (χ0n) is 15.2. The van der Waals surface area contributed by atoms with Crippen molar-refractivity contribution in [3.8, 4) is 11.3 Å². The molecule has 0 radical (unpaired) electrons. The smallest absolute Gasteiger partial charge is 0.259 e. The van der Waals surface area contributed by atoms with Crippen molar-refractivity contribution in [2.75, 3.05) is 18.9 Å². The summed E-state index contributed by atoms with van der Waals surface area (Å²) in [6.45, 7) is 3.08. The summed E-state index contributed by atoms with van der Waals surface area (Å²) < 4.78 is 10.1. The van der Waals surface area contributed by atoms with Gasteiger partial charge in [0.2, 0.25) is 5.91 Å². The van der Waals surface area contributed by atoms with Crippen LogP contribution in [0, 0.1) is 13.8 Å². The van der Waals surface area contributed by atoms with Crippen LogP contribution in [-0.2, 0) is 4.79 Å². The number of nitrogens with one attached hydrogen (secondary N) is 1. The Morgan fingerprint density at radius 1 is 1.14 bits per heavy atom. The minimum absolute atomic E-state index is 0.183. The Balaban J connectivity index is 1.82. The lowest BCUT2D eigenvalue weighted by Crippen LogP contribution is -2.35. The fourth-order valence-electron chi connectivity index (χ4n) is 2.60. The molecule has 0 aliphatic carbocycles. The number of hydrogen-bond donors (Lipinski definition) is 1. The van der Waals surface area contributed by atoms with E-state index >= 15 is 0 Å². The number of carbonyl (C=O) groups is 2. The van der Waals surface area contributed by atoms with Crippen LogP contribution in [0.1, 0.15) is 21.9 Å². The Hall–Kier alpha value is -2.84. The lowest BCUT2D eigenvalue weighted by atomic mass is 10.0. The molecule has 2 aromatic heterocycles. The fourth-order valence-corrected chi connectivity index (χ4v) is 3.18. The maximum atomic E-state index is 13.0. The van der Waals surface area contributed by atoms with Gasteiger partial charge in [-0.3, -0.25) is 9.59 Å². The fraction of sp³-hybridized carbons (Fsp3) is 0.222. The Kier molecular flexibility index (Phi) is 5.71. The third-order valence-electron chi connectivity index (χ3n) is 3.90. The van der Waals surface area contributed by atoms with Gasteiger partial charge in [0.15, 0.2) is 5.82 Å². The SMILES string of the molecule is Cc1cc(NC(=O)CN(C)C(=O)c2c(-c3c(Cl)cccc3Cl)noc2C)no1. The van der Waals surface area contributed by atoms with E-state index in [9.17, 15) is 9.59 Å². The number of likely N-dealkylation sites (N-methyl/N-ethyl adjacent to an activating group) is 1. The predicted octanol–water partition coefficient (Wildman–Crippen LogP) is 3.96. The van der Waals surface area contributed by atoms with E-state index in [1.54, 1.807) is 38.1 Å². The van der Waals surface area contributed by atoms with Crippen LogP contribution in [0.5, 0.6) is 0 Å². The molecule has 2 heterocycles. The minimum atomic E-state index is -0.462. The summed E-state index contributed by atoms with van der Waals surface area (Å²) in [5.74, 6) is 0.219. The summed E-state index contributed by atoms with van der Waals surface area (Å²) in [7, 11) is 1.49. The standard InChI is InChI=1S/C18H16Cl2N4O4/c1-9-7-13(22-27-9)21-14(25)8-24(3)18(26)15-10(2)28-23-17(15)16-11(19)5-4-6-12(16)20/h4-7H,8H2,1-3H3,(H,21,22,25). The quantitative estimate of drug-likeness (QED) is 0.667. The molecule has 2 amide bonds. The van der Waals surface area contributed by atoms with Gasteiger partial charge in [0.1, 0.15) is 22.8 Å². The van der Waals surface area contributed by atoms with Crippen LogP contribution in [-0.4, -0.2) is 40.6 Å². The highest BCUT2D eigenvalue weighted by Gasteiger charge is 2.27. The number of aromatic nitrogens is 2. The predicted molar refractivity (Wildman–Crippen MR) is 104 cm³/mol. The van der Waals surface area contributed by atoms with Crippen LogP contribution in [0.15, 0.2) is 33.3 Å². The average molecular weight is 423 g/mol. The molecule has 0 saturated heterocycles. The number of aryl methyl sites for hydroxylation is 2. The van der Waals surface area contributed by atoms with Crippen LogP contribution < -0.4 is 5.32 Å². The molecule has 0 fully saturated rings. The summed E-state index contributed by atoms with van der Waals surface area (Å²) in [5, 5.41) is 10.8. The zero-order valence-corrected chi connectivity index (χ0v) is 16.8. The number of halogens is 2. The van der Waals surface area contributed by atoms with E-state index in [-0.39, 0.29) is 29.4 Å². The highest BCUT2D eigenvalue weighted by Crippen LogP contribution is 2.37. The van der Waals surface area contributed by atoms with Crippen molar-refractivity contribution in [3.05, 3.63) is 51.4 Å². The van der Waals surface area contributed by atoms with Gasteiger partial charge in [0.05, 0.1) is 16.6 Å². The Morgan fingerprint density at radius 3 is 2.43 bits per heavy atom. The molecular formula is C18H16Cl2N4O4. The van der Waals surface area contributed by atoms with Crippen molar-refractivity contribution < 1.29 is 18.6 Å². The number of nitrogens with zero attached hydrogens (tertiary/aromatic N) is 3. The summed E-state index contributed by atoms with van der Waals surface area (Å²) in [4.78, 5) is 26.4. The van der Waals surface area contributed by atoms with Crippen molar-refractivity contribution in [1.82, 2.24) is 15.2 Å². The Morgan fingerprint density at radius 2 is 1.82 bits per heavy atom. The molecule has 1 N–H and O–H groups in total. The highest BCUT2D eigenvalue weighted by molar-refractivity contribution is 6.39. The molecule has 3 rings (SSSR count). The van der Waals surface area contributed by atoms with Gasteiger partial charge in [-0.05, 0) is 26.0 Å². The number of carbonyl (C=O) groups excluding carboxylic acids is 2. The monoisotopic (exact) mass is 422 g/mol. The number of amides is 2. The van der Waals surface area contributed by atoms with Crippen molar-refractivity contribution in [2.24, 2.45) is 0 Å². The Bertz CT molecular complexity index is 1020. The molecule has 0 bridgehead atoms. The molecule has 1 aromatic carbocycles. The van der Waals surface area contributed by atoms with Crippen LogP contribution >= 0.6 is 23.2 Å². The third-order valence-corrected chi connectivity index (χ3v) is 4.53. The maximum Gasteiger partial charge on any atom is 0.259 e. The lowest BCUT2D eigenvalue weighted by molar-refractivity contribution is -0.116. The van der Waals surface area contributed by atoms with Gasteiger partial charge in [0.25, 0.3) is 5.91 Å². The molecule has 146 valence electrons. The van der Waals surface area contributed by atoms with Crippen LogP contribution in [0.4, 0.5) is 5.82 Å². The number of anilines is 1. The molecule has 0 saturated carbocycles. The first-order valence-corrected chi connectivity index (χ1v) is 8.92. The molecule has 8 nitrogen and oxygen atoms in total. The van der Waals surface area contributed by atoms with Gasteiger partial charge < -0.3 is 19.3 Å². The number of hydrogen-bond acceptors (Lipinski definition) is 6. The molecule has 10 heteroatoms. The summed E-state index contributed by atoms with van der Waals surface area (Å²) in [6.07, 6.45) is 0. The van der Waals surface area contributed by atoms with E-state index in [2.05, 4.69) is 15.6 Å². The summed E-state index contributed by atoms with van der Waals surface area (Å²) >= 11 is 12.5. The van der Waals surface area contributed by atoms with Crippen LogP contribution in [0.2, 0.25) is 10.0 Å². The van der Waals surface area contributed by atoms with Crippen molar-refractivity contribution in [1.29, 1.82) is 0 Å². The van der Waals surface area contributed by atoms with Gasteiger partial charge in [-0.25, -0.2) is 0 Å². The largest absolute Gasteiger partial charge is 0.360 e. The second kappa shape index (κ2) is 8.04. The van der Waals surface area contributed by atoms with E-state index in [1.807, 2.05) is 0 Å². The van der Waals surface area contributed by atoms with Gasteiger partial charge >= 0.3 is 0 Å². The van der Waals surface area contributed by atoms with Gasteiger partial charge in [-0.1, -0.05) is 39.6 Å². The molecule has 28 heavy (non-hydrogen) atoms. The van der Waals surface area contributed by atoms with Gasteiger partial charge in [-0.2, -0.15) is 0 Å². The minimum Gasteiger partial charge on any atom is -0.360 e. The van der Waals surface area contributed by atoms with Crippen molar-refractivity contribution >= 4 is 40.8 Å². The first-order valence-electron chi connectivity index (χ1n) is 8.17. The molecular weight excluding hydrogens is 407 g/mol. The number of benzene rings is 1. The van der Waals surface area contributed by atoms with Gasteiger partial charge in [-0.15, -0.1) is 0 Å². The summed E-state index contributed by atoms with van der Waals surface area (Å²) in [6, 6.07) is 6.53. The molecule has 0 atom stereocenters. The first-order chi connectivity index (χ1) is 13.3. The van der Waals surface area contributed by atoms with Crippen LogP contribution in [0.25, 0.3) is 11.3 Å². The second-order valence-electron chi connectivity index (χ2n) is 6.09. The van der Waals surface area contributed by atoms with E-state index in [1.165, 1.54) is 11.9 Å². The molecule has 0 aliphatic rings. The maximum absolute atomic E-state index is 13.0.